The van der Waals surface area contributed by atoms with Gasteiger partial charge >= 0.3 is 27.2 Å². The van der Waals surface area contributed by atoms with Gasteiger partial charge in [0, 0.05) is 10.7 Å². The summed E-state index contributed by atoms with van der Waals surface area (Å²) < 4.78 is 26.4. The summed E-state index contributed by atoms with van der Waals surface area (Å²) in [6, 6.07) is -2.85. The van der Waals surface area contributed by atoms with E-state index < -0.39 is 39.7 Å². The lowest BCUT2D eigenvalue weighted by atomic mass is 10.2. The van der Waals surface area contributed by atoms with Crippen molar-refractivity contribution < 1.29 is 32.6 Å². The highest BCUT2D eigenvalue weighted by Crippen LogP contribution is 1.96. The summed E-state index contributed by atoms with van der Waals surface area (Å²) in [5, 5.41) is 10.2. The molecule has 3 N–H and O–H groups in total. The van der Waals surface area contributed by atoms with Crippen molar-refractivity contribution in [2.75, 3.05) is 7.11 Å². The summed E-state index contributed by atoms with van der Waals surface area (Å²) in [5.74, 6) is -2.41. The minimum absolute atomic E-state index is 0.761. The second-order valence-electron chi connectivity index (χ2n) is 2.69. The predicted molar refractivity (Wildman–Crippen MR) is 54.5 cm³/mol. The number of urea groups is 1. The van der Waals surface area contributed by atoms with Crippen molar-refractivity contribution in [2.24, 2.45) is 0 Å². The third-order valence-electron chi connectivity index (χ3n) is 1.38. The number of ether oxygens (including phenoxy) is 1. The highest BCUT2D eigenvalue weighted by molar-refractivity contribution is 8.12. The molecule has 0 unspecified atom stereocenters. The minimum atomic E-state index is -4.32. The van der Waals surface area contributed by atoms with Crippen LogP contribution in [-0.2, 0) is 23.6 Å². The Morgan fingerprint density at radius 1 is 1.41 bits per heavy atom. The summed E-state index contributed by atoms with van der Waals surface area (Å²) in [6.07, 6.45) is -0.761. The Bertz CT molecular complexity index is 420. The van der Waals surface area contributed by atoms with Gasteiger partial charge in [-0.3, -0.25) is 4.79 Å². The Balaban J connectivity index is 4.59. The number of carbonyl (C=O) groups is 3. The first-order chi connectivity index (χ1) is 7.65. The Morgan fingerprint density at radius 2 is 1.94 bits per heavy atom. The third-order valence-corrected chi connectivity index (χ3v) is 2.05. The summed E-state index contributed by atoms with van der Waals surface area (Å²) in [6.45, 7) is 0. The maximum absolute atomic E-state index is 11.0. The van der Waals surface area contributed by atoms with E-state index in [4.69, 9.17) is 15.8 Å². The van der Waals surface area contributed by atoms with Crippen LogP contribution in [0.4, 0.5) is 4.79 Å². The van der Waals surface area contributed by atoms with Crippen LogP contribution in [0.15, 0.2) is 0 Å². The number of esters is 1. The standard InChI is InChI=1S/C6H9ClN2O7S/c1-16-5(12)3(2-4(10)11)8-6(13)9-17(7,14)15/h3H,2H2,1H3,(H,10,11)(H2,8,9,13)/t3-/m0/s1. The molecular weight excluding hydrogens is 280 g/mol. The van der Waals surface area contributed by atoms with Crippen LogP contribution in [0.3, 0.4) is 0 Å². The minimum Gasteiger partial charge on any atom is -0.481 e. The average molecular weight is 289 g/mol. The van der Waals surface area contributed by atoms with Crippen molar-refractivity contribution in [2.45, 2.75) is 12.5 Å². The Hall–Kier alpha value is -1.55. The van der Waals surface area contributed by atoms with Gasteiger partial charge in [-0.25, -0.2) is 14.3 Å². The van der Waals surface area contributed by atoms with Crippen LogP contribution in [0, 0.1) is 0 Å². The van der Waals surface area contributed by atoms with Crippen LogP contribution in [0.1, 0.15) is 6.42 Å². The maximum atomic E-state index is 11.0. The van der Waals surface area contributed by atoms with E-state index in [1.54, 1.807) is 5.32 Å². The summed E-state index contributed by atoms with van der Waals surface area (Å²) in [7, 11) is 1.36. The largest absolute Gasteiger partial charge is 0.481 e. The molecule has 11 heteroatoms. The van der Waals surface area contributed by atoms with Gasteiger partial charge in [-0.05, 0) is 0 Å². The number of carboxylic acid groups (broad SMARTS) is 1. The second-order valence-corrected chi connectivity index (χ2v) is 4.99. The first kappa shape index (κ1) is 15.4. The molecule has 0 bridgehead atoms. The van der Waals surface area contributed by atoms with E-state index in [2.05, 4.69) is 4.74 Å². The van der Waals surface area contributed by atoms with Crippen molar-refractivity contribution in [3.05, 3.63) is 0 Å². The van der Waals surface area contributed by atoms with Crippen LogP contribution in [0.5, 0.6) is 0 Å². The number of carbonyl (C=O) groups excluding carboxylic acids is 2. The van der Waals surface area contributed by atoms with Gasteiger partial charge in [-0.2, -0.15) is 8.42 Å². The van der Waals surface area contributed by atoms with E-state index in [9.17, 15) is 22.8 Å². The average Bonchev–Trinajstić information content (AvgIpc) is 2.11. The van der Waals surface area contributed by atoms with Crippen molar-refractivity contribution in [1.29, 1.82) is 0 Å². The second kappa shape index (κ2) is 6.25. The highest BCUT2D eigenvalue weighted by Gasteiger charge is 2.25. The molecule has 0 spiro atoms. The van der Waals surface area contributed by atoms with Gasteiger partial charge in [0.15, 0.2) is 0 Å². The number of hydrogen-bond donors (Lipinski definition) is 3. The van der Waals surface area contributed by atoms with Crippen molar-refractivity contribution in [3.63, 3.8) is 0 Å². The number of halogens is 1. The Labute approximate surface area is 101 Å². The van der Waals surface area contributed by atoms with Crippen molar-refractivity contribution in [3.8, 4) is 0 Å². The number of amides is 2. The van der Waals surface area contributed by atoms with E-state index in [-0.39, 0.29) is 0 Å². The smallest absolute Gasteiger partial charge is 0.330 e. The summed E-state index contributed by atoms with van der Waals surface area (Å²) in [4.78, 5) is 32.4. The van der Waals surface area contributed by atoms with E-state index in [1.807, 2.05) is 0 Å². The molecule has 0 radical (unpaired) electrons. The third kappa shape index (κ3) is 7.36. The topological polar surface area (TPSA) is 139 Å². The first-order valence-electron chi connectivity index (χ1n) is 3.98. The molecule has 17 heavy (non-hydrogen) atoms. The van der Waals surface area contributed by atoms with Crippen LogP contribution in [0.2, 0.25) is 0 Å². The molecule has 0 saturated heterocycles. The quantitative estimate of drug-likeness (QED) is 0.426. The molecule has 0 rings (SSSR count). The lowest BCUT2D eigenvalue weighted by molar-refractivity contribution is -0.147. The molecule has 2 amide bonds. The normalized spacial score (nSPS) is 12.4. The molecule has 0 aliphatic rings. The fourth-order valence-electron chi connectivity index (χ4n) is 0.809. The summed E-state index contributed by atoms with van der Waals surface area (Å²) >= 11 is 0. The molecule has 0 aromatic carbocycles. The molecule has 0 saturated carbocycles. The van der Waals surface area contributed by atoms with Gasteiger partial charge < -0.3 is 15.2 Å². The zero-order valence-electron chi connectivity index (χ0n) is 8.47. The van der Waals surface area contributed by atoms with Gasteiger partial charge in [0.2, 0.25) is 0 Å². The number of hydrogen-bond acceptors (Lipinski definition) is 6. The number of aliphatic carboxylic acids is 1. The number of carboxylic acids is 1. The predicted octanol–water partition coefficient (Wildman–Crippen LogP) is -1.21. The van der Waals surface area contributed by atoms with Gasteiger partial charge in [0.1, 0.15) is 6.04 Å². The fraction of sp³-hybridized carbons (Fsp3) is 0.500. The van der Waals surface area contributed by atoms with Crippen LogP contribution in [-0.4, -0.2) is 44.6 Å². The molecule has 0 aromatic heterocycles. The molecule has 0 fully saturated rings. The van der Waals surface area contributed by atoms with E-state index >= 15 is 0 Å². The lowest BCUT2D eigenvalue weighted by Gasteiger charge is -2.13. The Kier molecular flexibility index (Phi) is 5.68. The Morgan fingerprint density at radius 3 is 2.29 bits per heavy atom. The van der Waals surface area contributed by atoms with Crippen molar-refractivity contribution in [1.82, 2.24) is 10.0 Å². The van der Waals surface area contributed by atoms with Crippen LogP contribution in [0.25, 0.3) is 0 Å². The number of methoxy groups -OCH3 is 1. The molecular formula is C6H9ClN2O7S. The highest BCUT2D eigenvalue weighted by atomic mass is 35.7. The van der Waals surface area contributed by atoms with Gasteiger partial charge in [-0.15, -0.1) is 0 Å². The van der Waals surface area contributed by atoms with E-state index in [1.165, 1.54) is 4.72 Å². The van der Waals surface area contributed by atoms with Crippen LogP contribution < -0.4 is 10.0 Å². The SMILES string of the molecule is COC(=O)[C@H](CC(=O)O)NC(=O)NS(=O)(=O)Cl. The van der Waals surface area contributed by atoms with Gasteiger partial charge in [-0.1, -0.05) is 0 Å². The van der Waals surface area contributed by atoms with E-state index in [0.717, 1.165) is 7.11 Å². The van der Waals surface area contributed by atoms with E-state index in [0.29, 0.717) is 0 Å². The molecule has 9 nitrogen and oxygen atoms in total. The number of nitrogens with one attached hydrogen (secondary N) is 2. The number of rotatable bonds is 5. The monoisotopic (exact) mass is 288 g/mol. The molecule has 0 aliphatic heterocycles. The summed E-state index contributed by atoms with van der Waals surface area (Å²) in [5.41, 5.74) is 0. The molecule has 0 aliphatic carbocycles. The molecule has 0 heterocycles. The molecule has 98 valence electrons. The molecule has 1 atom stereocenters. The first-order valence-corrected chi connectivity index (χ1v) is 6.29. The van der Waals surface area contributed by atoms with Gasteiger partial charge in [0.05, 0.1) is 13.5 Å². The molecule has 0 aromatic rings. The zero-order valence-corrected chi connectivity index (χ0v) is 10.0. The zero-order chi connectivity index (χ0) is 13.6. The fourth-order valence-corrected chi connectivity index (χ4v) is 1.30. The van der Waals surface area contributed by atoms with Crippen LogP contribution >= 0.6 is 10.7 Å². The van der Waals surface area contributed by atoms with Crippen molar-refractivity contribution >= 4 is 37.9 Å². The maximum Gasteiger partial charge on any atom is 0.330 e. The van der Waals surface area contributed by atoms with Gasteiger partial charge in [0.25, 0.3) is 0 Å². The lowest BCUT2D eigenvalue weighted by Crippen LogP contribution is -2.48.